The van der Waals surface area contributed by atoms with Crippen molar-refractivity contribution in [2.45, 2.75) is 46.6 Å². The fourth-order valence-corrected chi connectivity index (χ4v) is 2.59. The molecule has 8 nitrogen and oxygen atoms in total. The molecule has 2 rings (SSSR count). The maximum absolute atomic E-state index is 11.9. The van der Waals surface area contributed by atoms with Crippen LogP contribution in [-0.2, 0) is 17.6 Å². The summed E-state index contributed by atoms with van der Waals surface area (Å²) < 4.78 is 5.74. The number of ether oxygens (including phenoxy) is 1. The van der Waals surface area contributed by atoms with E-state index in [1.807, 2.05) is 45.0 Å². The molecule has 0 unspecified atom stereocenters. The van der Waals surface area contributed by atoms with Crippen LogP contribution in [-0.4, -0.2) is 34.4 Å². The second-order valence-corrected chi connectivity index (χ2v) is 6.62. The number of carbonyl (C=O) groups is 2. The maximum Gasteiger partial charge on any atom is 0.271 e. The average molecular weight is 385 g/mol. The van der Waals surface area contributed by atoms with Crippen molar-refractivity contribution in [1.82, 2.24) is 15.3 Å². The van der Waals surface area contributed by atoms with Crippen molar-refractivity contribution in [1.29, 1.82) is 0 Å². The number of anilines is 2. The van der Waals surface area contributed by atoms with Gasteiger partial charge in [-0.3, -0.25) is 9.59 Å². The van der Waals surface area contributed by atoms with Crippen molar-refractivity contribution < 1.29 is 14.3 Å². The third-order valence-corrected chi connectivity index (χ3v) is 3.82. The summed E-state index contributed by atoms with van der Waals surface area (Å²) in [6, 6.07) is 7.62. The van der Waals surface area contributed by atoms with Gasteiger partial charge in [0.1, 0.15) is 5.69 Å². The van der Waals surface area contributed by atoms with Crippen LogP contribution in [0, 0.1) is 0 Å². The first kappa shape index (κ1) is 21.1. The minimum Gasteiger partial charge on any atom is -0.474 e. The van der Waals surface area contributed by atoms with Gasteiger partial charge < -0.3 is 21.1 Å². The van der Waals surface area contributed by atoms with Gasteiger partial charge in [-0.05, 0) is 44.4 Å². The van der Waals surface area contributed by atoms with Gasteiger partial charge in [0.2, 0.25) is 11.8 Å². The molecule has 0 fully saturated rings. The number of nitrogens with zero attached hydrogens (tertiary/aromatic N) is 2. The minimum atomic E-state index is -0.664. The molecule has 0 radical (unpaired) electrons. The molecule has 150 valence electrons. The fraction of sp³-hybridized carbons (Fsp3) is 0.400. The monoisotopic (exact) mass is 385 g/mol. The topological polar surface area (TPSA) is 119 Å². The van der Waals surface area contributed by atoms with Crippen LogP contribution in [0.1, 0.15) is 49.4 Å². The molecule has 0 atom stereocenters. The number of aryl methyl sites for hydroxylation is 1. The Kier molecular flexibility index (Phi) is 7.31. The summed E-state index contributed by atoms with van der Waals surface area (Å²) >= 11 is 0. The number of benzene rings is 1. The predicted molar refractivity (Wildman–Crippen MR) is 108 cm³/mol. The molecule has 1 aromatic carbocycles. The van der Waals surface area contributed by atoms with Crippen LogP contribution >= 0.6 is 0 Å². The third kappa shape index (κ3) is 5.94. The lowest BCUT2D eigenvalue weighted by molar-refractivity contribution is -0.118. The summed E-state index contributed by atoms with van der Waals surface area (Å²) in [7, 11) is 0. The van der Waals surface area contributed by atoms with Gasteiger partial charge >= 0.3 is 0 Å². The number of primary amides is 1. The van der Waals surface area contributed by atoms with E-state index in [1.165, 1.54) is 6.92 Å². The molecular formula is C20H27N5O3. The largest absolute Gasteiger partial charge is 0.474 e. The molecule has 28 heavy (non-hydrogen) atoms. The highest BCUT2D eigenvalue weighted by Crippen LogP contribution is 2.25. The van der Waals surface area contributed by atoms with Crippen LogP contribution < -0.4 is 21.1 Å². The SMILES string of the molecule is CCc1nc(C(N)=O)c(Nc2cccc(CCNC(C)=O)c2)nc1OC(C)C. The summed E-state index contributed by atoms with van der Waals surface area (Å²) in [5.74, 6) is -0.0990. The molecule has 8 heteroatoms. The molecular weight excluding hydrogens is 358 g/mol. The molecule has 0 aliphatic rings. The first-order valence-corrected chi connectivity index (χ1v) is 9.28. The number of aromatic nitrogens is 2. The van der Waals surface area contributed by atoms with E-state index in [0.717, 1.165) is 11.3 Å². The van der Waals surface area contributed by atoms with Crippen LogP contribution in [0.4, 0.5) is 11.5 Å². The first-order valence-electron chi connectivity index (χ1n) is 9.28. The van der Waals surface area contributed by atoms with Gasteiger partial charge in [0, 0.05) is 19.2 Å². The highest BCUT2D eigenvalue weighted by molar-refractivity contribution is 5.96. The normalized spacial score (nSPS) is 10.6. The summed E-state index contributed by atoms with van der Waals surface area (Å²) in [6.45, 7) is 7.73. The van der Waals surface area contributed by atoms with Gasteiger partial charge in [-0.2, -0.15) is 4.98 Å². The van der Waals surface area contributed by atoms with Crippen LogP contribution in [0.25, 0.3) is 0 Å². The molecule has 0 saturated heterocycles. The van der Waals surface area contributed by atoms with E-state index in [1.54, 1.807) is 0 Å². The van der Waals surface area contributed by atoms with Crippen molar-refractivity contribution in [3.63, 3.8) is 0 Å². The zero-order chi connectivity index (χ0) is 20.7. The summed E-state index contributed by atoms with van der Waals surface area (Å²) in [5.41, 5.74) is 7.91. The smallest absolute Gasteiger partial charge is 0.271 e. The van der Waals surface area contributed by atoms with Crippen molar-refractivity contribution in [2.75, 3.05) is 11.9 Å². The number of hydrogen-bond donors (Lipinski definition) is 3. The Bertz CT molecular complexity index is 852. The van der Waals surface area contributed by atoms with Gasteiger partial charge in [-0.15, -0.1) is 0 Å². The van der Waals surface area contributed by atoms with Crippen molar-refractivity contribution in [3.8, 4) is 5.88 Å². The van der Waals surface area contributed by atoms with Crippen molar-refractivity contribution >= 4 is 23.3 Å². The van der Waals surface area contributed by atoms with Gasteiger partial charge in [0.25, 0.3) is 5.91 Å². The molecule has 1 heterocycles. The van der Waals surface area contributed by atoms with Crippen molar-refractivity contribution in [3.05, 3.63) is 41.2 Å². The molecule has 4 N–H and O–H groups in total. The Labute approximate surface area is 164 Å². The van der Waals surface area contributed by atoms with Crippen LogP contribution in [0.5, 0.6) is 5.88 Å². The lowest BCUT2D eigenvalue weighted by Gasteiger charge is -2.16. The number of nitrogens with two attached hydrogens (primary N) is 1. The second kappa shape index (κ2) is 9.68. The van der Waals surface area contributed by atoms with E-state index in [2.05, 4.69) is 20.6 Å². The number of rotatable bonds is 9. The number of hydrogen-bond acceptors (Lipinski definition) is 6. The van der Waals surface area contributed by atoms with Gasteiger partial charge in [-0.25, -0.2) is 4.98 Å². The van der Waals surface area contributed by atoms with E-state index >= 15 is 0 Å². The minimum absolute atomic E-state index is 0.0654. The van der Waals surface area contributed by atoms with Crippen molar-refractivity contribution in [2.24, 2.45) is 5.73 Å². The number of amides is 2. The van der Waals surface area contributed by atoms with Gasteiger partial charge in [-0.1, -0.05) is 19.1 Å². The Morgan fingerprint density at radius 3 is 2.61 bits per heavy atom. The Balaban J connectivity index is 2.31. The standard InChI is InChI=1S/C20H27N5O3/c1-5-16-20(28-12(2)3)25-19(17(24-16)18(21)27)23-15-8-6-7-14(11-15)9-10-22-13(4)26/h6-8,11-12H,5,9-10H2,1-4H3,(H2,21,27)(H,22,26)(H,23,25). The first-order chi connectivity index (χ1) is 13.3. The predicted octanol–water partition coefficient (Wildman–Crippen LogP) is 2.35. The van der Waals surface area contributed by atoms with Crippen LogP contribution in [0.3, 0.4) is 0 Å². The molecule has 1 aromatic heterocycles. The molecule has 2 aromatic rings. The molecule has 0 saturated carbocycles. The highest BCUT2D eigenvalue weighted by Gasteiger charge is 2.18. The lowest BCUT2D eigenvalue weighted by atomic mass is 10.1. The zero-order valence-electron chi connectivity index (χ0n) is 16.7. The Hall–Kier alpha value is -3.16. The highest BCUT2D eigenvalue weighted by atomic mass is 16.5. The average Bonchev–Trinajstić information content (AvgIpc) is 2.61. The summed E-state index contributed by atoms with van der Waals surface area (Å²) in [6.07, 6.45) is 1.16. The van der Waals surface area contributed by atoms with Gasteiger partial charge in [0.05, 0.1) is 6.10 Å². The summed E-state index contributed by atoms with van der Waals surface area (Å²) in [4.78, 5) is 31.7. The molecule has 0 bridgehead atoms. The summed E-state index contributed by atoms with van der Waals surface area (Å²) in [5, 5.41) is 5.88. The molecule has 2 amide bonds. The zero-order valence-corrected chi connectivity index (χ0v) is 16.7. The number of nitrogens with one attached hydrogen (secondary N) is 2. The van der Waals surface area contributed by atoms with Crippen LogP contribution in [0.15, 0.2) is 24.3 Å². The quantitative estimate of drug-likeness (QED) is 0.609. The molecule has 0 aliphatic heterocycles. The fourth-order valence-electron chi connectivity index (χ4n) is 2.59. The van der Waals surface area contributed by atoms with E-state index in [4.69, 9.17) is 10.5 Å². The van der Waals surface area contributed by atoms with Gasteiger partial charge in [0.15, 0.2) is 11.5 Å². The maximum atomic E-state index is 11.9. The van der Waals surface area contributed by atoms with E-state index < -0.39 is 5.91 Å². The van der Waals surface area contributed by atoms with E-state index in [-0.39, 0.29) is 23.5 Å². The number of carbonyl (C=O) groups excluding carboxylic acids is 2. The Morgan fingerprint density at radius 1 is 1.25 bits per heavy atom. The third-order valence-electron chi connectivity index (χ3n) is 3.82. The molecule has 0 aliphatic carbocycles. The Morgan fingerprint density at radius 2 is 2.00 bits per heavy atom. The molecule has 0 spiro atoms. The lowest BCUT2D eigenvalue weighted by Crippen LogP contribution is -2.22. The second-order valence-electron chi connectivity index (χ2n) is 6.62. The van der Waals surface area contributed by atoms with E-state index in [9.17, 15) is 9.59 Å². The van der Waals surface area contributed by atoms with Crippen LogP contribution in [0.2, 0.25) is 0 Å². The van der Waals surface area contributed by atoms with E-state index in [0.29, 0.717) is 31.0 Å².